The molecule has 0 aromatic carbocycles. The van der Waals surface area contributed by atoms with Gasteiger partial charge in [0.15, 0.2) is 5.13 Å². The van der Waals surface area contributed by atoms with Crippen LogP contribution in [0.4, 0.5) is 5.13 Å². The number of hydrogen-bond donors (Lipinski definition) is 2. The monoisotopic (exact) mass is 241 g/mol. The normalized spacial score (nSPS) is 25.0. The van der Waals surface area contributed by atoms with Crippen molar-refractivity contribution in [2.24, 2.45) is 0 Å². The molecule has 0 radical (unpaired) electrons. The third-order valence-corrected chi connectivity index (χ3v) is 3.43. The van der Waals surface area contributed by atoms with E-state index in [1.54, 1.807) is 17.2 Å². The summed E-state index contributed by atoms with van der Waals surface area (Å²) in [6.07, 6.45) is 0.904. The Morgan fingerprint density at radius 3 is 3.06 bits per heavy atom. The highest BCUT2D eigenvalue weighted by atomic mass is 32.1. The highest BCUT2D eigenvalue weighted by Gasteiger charge is 2.33. The lowest BCUT2D eigenvalue weighted by atomic mass is 10.1. The molecule has 6 heteroatoms. The van der Waals surface area contributed by atoms with Gasteiger partial charge in [-0.1, -0.05) is 0 Å². The van der Waals surface area contributed by atoms with Crippen molar-refractivity contribution in [3.05, 3.63) is 11.1 Å². The van der Waals surface area contributed by atoms with E-state index in [0.29, 0.717) is 30.3 Å². The van der Waals surface area contributed by atoms with Crippen molar-refractivity contribution in [2.45, 2.75) is 25.4 Å². The van der Waals surface area contributed by atoms with Crippen molar-refractivity contribution >= 4 is 22.4 Å². The molecule has 1 amide bonds. The molecule has 1 aromatic rings. The van der Waals surface area contributed by atoms with Crippen molar-refractivity contribution in [1.29, 1.82) is 0 Å². The van der Waals surface area contributed by atoms with Crippen molar-refractivity contribution in [2.75, 3.05) is 18.8 Å². The quantitative estimate of drug-likeness (QED) is 0.778. The zero-order valence-corrected chi connectivity index (χ0v) is 9.96. The van der Waals surface area contributed by atoms with Gasteiger partial charge >= 0.3 is 0 Å². The van der Waals surface area contributed by atoms with Crippen molar-refractivity contribution in [1.82, 2.24) is 9.88 Å². The zero-order chi connectivity index (χ0) is 11.8. The second-order valence-corrected chi connectivity index (χ2v) is 5.31. The van der Waals surface area contributed by atoms with Gasteiger partial charge in [-0.3, -0.25) is 4.79 Å². The maximum absolute atomic E-state index is 11.9. The molecule has 1 atom stereocenters. The summed E-state index contributed by atoms with van der Waals surface area (Å²) >= 11 is 1.34. The summed E-state index contributed by atoms with van der Waals surface area (Å²) in [6, 6.07) is 0. The molecule has 1 aromatic heterocycles. The lowest BCUT2D eigenvalue weighted by Crippen LogP contribution is -2.34. The molecule has 1 aliphatic rings. The Morgan fingerprint density at radius 2 is 2.56 bits per heavy atom. The molecule has 0 saturated carbocycles. The maximum atomic E-state index is 11.9. The number of carbonyl (C=O) groups excluding carboxylic acids is 1. The van der Waals surface area contributed by atoms with Gasteiger partial charge in [0.05, 0.1) is 17.7 Å². The Bertz CT molecular complexity index is 403. The van der Waals surface area contributed by atoms with E-state index in [-0.39, 0.29) is 12.3 Å². The SMILES string of the molecule is CC1(O)CCN(C(=O)Cc2csc(N)n2)C1. The van der Waals surface area contributed by atoms with Crippen LogP contribution in [0.1, 0.15) is 19.0 Å². The van der Waals surface area contributed by atoms with E-state index < -0.39 is 5.60 Å². The third-order valence-electron chi connectivity index (χ3n) is 2.71. The molecule has 5 nitrogen and oxygen atoms in total. The van der Waals surface area contributed by atoms with Gasteiger partial charge < -0.3 is 15.7 Å². The highest BCUT2D eigenvalue weighted by Crippen LogP contribution is 2.21. The van der Waals surface area contributed by atoms with E-state index in [0.717, 1.165) is 0 Å². The number of nitrogen functional groups attached to an aromatic ring is 1. The molecule has 2 rings (SSSR count). The molecule has 0 aliphatic carbocycles. The van der Waals surface area contributed by atoms with Crippen LogP contribution in [0.15, 0.2) is 5.38 Å². The van der Waals surface area contributed by atoms with E-state index in [2.05, 4.69) is 4.98 Å². The van der Waals surface area contributed by atoms with Gasteiger partial charge in [-0.2, -0.15) is 0 Å². The van der Waals surface area contributed by atoms with Crippen LogP contribution in [0.2, 0.25) is 0 Å². The fourth-order valence-corrected chi connectivity index (χ4v) is 2.39. The van der Waals surface area contributed by atoms with E-state index in [1.807, 2.05) is 0 Å². The van der Waals surface area contributed by atoms with Crippen molar-refractivity contribution < 1.29 is 9.90 Å². The van der Waals surface area contributed by atoms with Crippen LogP contribution >= 0.6 is 11.3 Å². The molecule has 2 heterocycles. The first kappa shape index (κ1) is 11.3. The molecular weight excluding hydrogens is 226 g/mol. The number of rotatable bonds is 2. The lowest BCUT2D eigenvalue weighted by Gasteiger charge is -2.18. The number of hydrogen-bond acceptors (Lipinski definition) is 5. The van der Waals surface area contributed by atoms with Gasteiger partial charge in [-0.05, 0) is 13.3 Å². The van der Waals surface area contributed by atoms with E-state index in [1.165, 1.54) is 11.3 Å². The van der Waals surface area contributed by atoms with Gasteiger partial charge in [0.2, 0.25) is 5.91 Å². The average molecular weight is 241 g/mol. The van der Waals surface area contributed by atoms with E-state index in [9.17, 15) is 9.90 Å². The fraction of sp³-hybridized carbons (Fsp3) is 0.600. The van der Waals surface area contributed by atoms with Crippen LogP contribution in [-0.4, -0.2) is 39.6 Å². The third kappa shape index (κ3) is 2.51. The minimum Gasteiger partial charge on any atom is -0.388 e. The largest absolute Gasteiger partial charge is 0.388 e. The fourth-order valence-electron chi connectivity index (χ4n) is 1.83. The number of β-amino-alcohol motifs (C(OH)–C–C–N with tert-alkyl or cyclic N) is 1. The average Bonchev–Trinajstić information content (AvgIpc) is 2.72. The van der Waals surface area contributed by atoms with E-state index >= 15 is 0 Å². The molecule has 1 fully saturated rings. The number of amides is 1. The Balaban J connectivity index is 1.94. The van der Waals surface area contributed by atoms with Gasteiger partial charge in [-0.15, -0.1) is 11.3 Å². The molecule has 0 bridgehead atoms. The number of aromatic nitrogens is 1. The molecule has 16 heavy (non-hydrogen) atoms. The van der Waals surface area contributed by atoms with Crippen LogP contribution in [0.5, 0.6) is 0 Å². The summed E-state index contributed by atoms with van der Waals surface area (Å²) < 4.78 is 0. The summed E-state index contributed by atoms with van der Waals surface area (Å²) in [4.78, 5) is 17.6. The van der Waals surface area contributed by atoms with Crippen LogP contribution in [0, 0.1) is 0 Å². The standard InChI is InChI=1S/C10H15N3O2S/c1-10(15)2-3-13(6-10)8(14)4-7-5-16-9(11)12-7/h5,15H,2-4,6H2,1H3,(H2,11,12). The number of anilines is 1. The van der Waals surface area contributed by atoms with Crippen LogP contribution in [0.25, 0.3) is 0 Å². The molecule has 1 saturated heterocycles. The predicted octanol–water partition coefficient (Wildman–Crippen LogP) is 0.251. The first-order chi connectivity index (χ1) is 7.46. The van der Waals surface area contributed by atoms with Crippen LogP contribution in [-0.2, 0) is 11.2 Å². The molecule has 1 unspecified atom stereocenters. The van der Waals surface area contributed by atoms with Gasteiger partial charge in [0, 0.05) is 18.5 Å². The van der Waals surface area contributed by atoms with Crippen molar-refractivity contribution in [3.8, 4) is 0 Å². The summed E-state index contributed by atoms with van der Waals surface area (Å²) in [5.41, 5.74) is 5.46. The van der Waals surface area contributed by atoms with Gasteiger partial charge in [0.25, 0.3) is 0 Å². The van der Waals surface area contributed by atoms with Crippen molar-refractivity contribution in [3.63, 3.8) is 0 Å². The number of nitrogens with zero attached hydrogens (tertiary/aromatic N) is 2. The molecule has 3 N–H and O–H groups in total. The zero-order valence-electron chi connectivity index (χ0n) is 9.14. The smallest absolute Gasteiger partial charge is 0.228 e. The number of carbonyl (C=O) groups is 1. The maximum Gasteiger partial charge on any atom is 0.228 e. The van der Waals surface area contributed by atoms with Gasteiger partial charge in [-0.25, -0.2) is 4.98 Å². The Morgan fingerprint density at radius 1 is 1.81 bits per heavy atom. The first-order valence-electron chi connectivity index (χ1n) is 5.16. The number of nitrogens with two attached hydrogens (primary N) is 1. The Hall–Kier alpha value is -1.14. The molecular formula is C10H15N3O2S. The summed E-state index contributed by atoms with van der Waals surface area (Å²) in [5.74, 6) is 0.00285. The highest BCUT2D eigenvalue weighted by molar-refractivity contribution is 7.13. The molecule has 88 valence electrons. The predicted molar refractivity (Wildman–Crippen MR) is 62.1 cm³/mol. The number of likely N-dealkylation sites (tertiary alicyclic amines) is 1. The first-order valence-corrected chi connectivity index (χ1v) is 6.04. The van der Waals surface area contributed by atoms with E-state index in [4.69, 9.17) is 5.73 Å². The minimum absolute atomic E-state index is 0.00285. The Labute approximate surface area is 97.9 Å². The second kappa shape index (κ2) is 4.03. The molecule has 1 aliphatic heterocycles. The molecule has 0 spiro atoms. The summed E-state index contributed by atoms with van der Waals surface area (Å²) in [5, 5.41) is 12.0. The Kier molecular flexibility index (Phi) is 2.86. The topological polar surface area (TPSA) is 79.5 Å². The summed E-state index contributed by atoms with van der Waals surface area (Å²) in [7, 11) is 0. The number of aliphatic hydroxyl groups is 1. The summed E-state index contributed by atoms with van der Waals surface area (Å²) in [6.45, 7) is 2.78. The van der Waals surface area contributed by atoms with Crippen LogP contribution < -0.4 is 5.73 Å². The second-order valence-electron chi connectivity index (χ2n) is 4.42. The minimum atomic E-state index is -0.739. The van der Waals surface area contributed by atoms with Crippen LogP contribution in [0.3, 0.4) is 0 Å². The lowest BCUT2D eigenvalue weighted by molar-refractivity contribution is -0.130. The number of thiazole rings is 1. The van der Waals surface area contributed by atoms with Gasteiger partial charge in [0.1, 0.15) is 0 Å².